The molecular formula is C29H33BrF3N7O3. The molecule has 3 aromatic rings. The molecule has 230 valence electrons. The minimum Gasteiger partial charge on any atom is -0.494 e. The molecule has 0 aliphatic carbocycles. The van der Waals surface area contributed by atoms with Crippen LogP contribution >= 0.6 is 15.9 Å². The van der Waals surface area contributed by atoms with Gasteiger partial charge in [0.1, 0.15) is 5.75 Å². The number of aromatic nitrogens is 3. The molecule has 5 rings (SSSR count). The summed E-state index contributed by atoms with van der Waals surface area (Å²) in [6, 6.07) is 13.7. The molecule has 2 saturated heterocycles. The first-order valence-corrected chi connectivity index (χ1v) is 15.2. The summed E-state index contributed by atoms with van der Waals surface area (Å²) < 4.78 is 48.9. The van der Waals surface area contributed by atoms with Crippen molar-refractivity contribution in [3.63, 3.8) is 0 Å². The van der Waals surface area contributed by atoms with E-state index < -0.39 is 18.8 Å². The van der Waals surface area contributed by atoms with E-state index in [1.54, 1.807) is 24.3 Å². The van der Waals surface area contributed by atoms with Crippen molar-refractivity contribution in [1.29, 1.82) is 0 Å². The van der Waals surface area contributed by atoms with Crippen molar-refractivity contribution < 1.29 is 27.4 Å². The lowest BCUT2D eigenvalue weighted by Crippen LogP contribution is -2.33. The van der Waals surface area contributed by atoms with Crippen LogP contribution in [0.4, 0.5) is 30.8 Å². The van der Waals surface area contributed by atoms with Gasteiger partial charge >= 0.3 is 12.2 Å². The summed E-state index contributed by atoms with van der Waals surface area (Å²) >= 11 is 3.36. The van der Waals surface area contributed by atoms with Gasteiger partial charge in [0.25, 0.3) is 5.91 Å². The standard InChI is InChI=1S/C29H33BrF3N7O3/c30-12-1-15-42-23-8-2-20(3-9-23)16-35-25-37-26(39-27(38-25)43-19-29(31,32)33)36-22-6-4-21(5-7-22)24(41)40-14-11-28(18-40)10-13-34-17-28/h2-9,34H,1,10-19H2,(H2,35,36,37,38,39). The van der Waals surface area contributed by atoms with E-state index in [4.69, 9.17) is 9.47 Å². The third-order valence-electron chi connectivity index (χ3n) is 7.35. The number of amides is 1. The summed E-state index contributed by atoms with van der Waals surface area (Å²) in [6.07, 6.45) is -1.59. The second-order valence-corrected chi connectivity index (χ2v) is 11.5. The molecule has 10 nitrogen and oxygen atoms in total. The molecule has 1 aromatic heterocycles. The Bertz CT molecular complexity index is 1370. The van der Waals surface area contributed by atoms with E-state index in [1.807, 2.05) is 29.2 Å². The van der Waals surface area contributed by atoms with Crippen LogP contribution in [0, 0.1) is 5.41 Å². The number of ether oxygens (including phenoxy) is 2. The molecule has 2 aliphatic heterocycles. The Balaban J connectivity index is 1.24. The Kier molecular flexibility index (Phi) is 9.86. The summed E-state index contributed by atoms with van der Waals surface area (Å²) in [4.78, 5) is 27.3. The number of benzene rings is 2. The van der Waals surface area contributed by atoms with Crippen LogP contribution in [-0.2, 0) is 6.54 Å². The fraction of sp³-hybridized carbons (Fsp3) is 0.448. The highest BCUT2D eigenvalue weighted by molar-refractivity contribution is 9.09. The molecule has 1 spiro atoms. The van der Waals surface area contributed by atoms with Crippen LogP contribution in [-0.4, -0.2) is 76.7 Å². The summed E-state index contributed by atoms with van der Waals surface area (Å²) in [5, 5.41) is 10.2. The van der Waals surface area contributed by atoms with Gasteiger partial charge in [-0.25, -0.2) is 0 Å². The average molecular weight is 665 g/mol. The Morgan fingerprint density at radius 1 is 1.02 bits per heavy atom. The van der Waals surface area contributed by atoms with Gasteiger partial charge in [-0.15, -0.1) is 0 Å². The molecule has 0 radical (unpaired) electrons. The molecule has 3 N–H and O–H groups in total. The number of likely N-dealkylation sites (tertiary alicyclic amines) is 1. The summed E-state index contributed by atoms with van der Waals surface area (Å²) in [5.74, 6) is 0.730. The van der Waals surface area contributed by atoms with Crippen LogP contribution in [0.5, 0.6) is 11.8 Å². The molecule has 3 heterocycles. The van der Waals surface area contributed by atoms with Gasteiger partial charge in [-0.2, -0.15) is 28.1 Å². The Morgan fingerprint density at radius 3 is 2.49 bits per heavy atom. The molecule has 2 aliphatic rings. The number of alkyl halides is 4. The van der Waals surface area contributed by atoms with Crippen molar-refractivity contribution in [3.05, 3.63) is 59.7 Å². The van der Waals surface area contributed by atoms with Crippen molar-refractivity contribution in [1.82, 2.24) is 25.2 Å². The zero-order valence-electron chi connectivity index (χ0n) is 23.4. The lowest BCUT2D eigenvalue weighted by molar-refractivity contribution is -0.154. The Hall–Kier alpha value is -3.65. The largest absolute Gasteiger partial charge is 0.494 e. The maximum atomic E-state index is 13.1. The molecular weight excluding hydrogens is 631 g/mol. The molecule has 2 aromatic carbocycles. The number of carbonyl (C=O) groups is 1. The van der Waals surface area contributed by atoms with Gasteiger partial charge in [0.2, 0.25) is 11.9 Å². The van der Waals surface area contributed by atoms with Crippen LogP contribution in [0.25, 0.3) is 0 Å². The van der Waals surface area contributed by atoms with Crippen LogP contribution in [0.2, 0.25) is 0 Å². The van der Waals surface area contributed by atoms with Gasteiger partial charge in [-0.3, -0.25) is 4.79 Å². The van der Waals surface area contributed by atoms with Gasteiger partial charge in [-0.05, 0) is 67.8 Å². The molecule has 1 amide bonds. The van der Waals surface area contributed by atoms with Crippen molar-refractivity contribution in [2.45, 2.75) is 32.0 Å². The zero-order valence-corrected chi connectivity index (χ0v) is 25.0. The topological polar surface area (TPSA) is 114 Å². The Labute approximate surface area is 255 Å². The fourth-order valence-electron chi connectivity index (χ4n) is 5.09. The van der Waals surface area contributed by atoms with E-state index in [0.29, 0.717) is 24.4 Å². The highest BCUT2D eigenvalue weighted by Gasteiger charge is 2.42. The van der Waals surface area contributed by atoms with Crippen LogP contribution < -0.4 is 25.4 Å². The van der Waals surface area contributed by atoms with Crippen LogP contribution in [0.3, 0.4) is 0 Å². The minimum atomic E-state index is -4.56. The van der Waals surface area contributed by atoms with E-state index in [1.165, 1.54) is 0 Å². The number of nitrogens with zero attached hydrogens (tertiary/aromatic N) is 4. The van der Waals surface area contributed by atoms with Gasteiger partial charge in [-0.1, -0.05) is 28.1 Å². The fourth-order valence-corrected chi connectivity index (χ4v) is 5.32. The maximum absolute atomic E-state index is 13.1. The van der Waals surface area contributed by atoms with Gasteiger partial charge in [0, 0.05) is 48.2 Å². The number of anilines is 3. The second kappa shape index (κ2) is 13.8. The van der Waals surface area contributed by atoms with Gasteiger partial charge in [0.05, 0.1) is 6.61 Å². The van der Waals surface area contributed by atoms with Crippen molar-refractivity contribution in [2.75, 3.05) is 55.4 Å². The van der Waals surface area contributed by atoms with Gasteiger partial charge in [0.15, 0.2) is 6.61 Å². The van der Waals surface area contributed by atoms with E-state index in [-0.39, 0.29) is 23.2 Å². The highest BCUT2D eigenvalue weighted by Crippen LogP contribution is 2.36. The lowest BCUT2D eigenvalue weighted by atomic mass is 9.86. The monoisotopic (exact) mass is 663 g/mol. The van der Waals surface area contributed by atoms with E-state index in [2.05, 4.69) is 46.8 Å². The molecule has 14 heteroatoms. The number of rotatable bonds is 12. The predicted molar refractivity (Wildman–Crippen MR) is 159 cm³/mol. The summed E-state index contributed by atoms with van der Waals surface area (Å²) in [6.45, 7) is 2.76. The van der Waals surface area contributed by atoms with Crippen molar-refractivity contribution >= 4 is 39.4 Å². The smallest absolute Gasteiger partial charge is 0.422 e. The number of carbonyl (C=O) groups excluding carboxylic acids is 1. The third kappa shape index (κ3) is 8.69. The van der Waals surface area contributed by atoms with Crippen molar-refractivity contribution in [3.8, 4) is 11.8 Å². The van der Waals surface area contributed by atoms with Crippen molar-refractivity contribution in [2.24, 2.45) is 5.41 Å². The predicted octanol–water partition coefficient (Wildman–Crippen LogP) is 5.16. The first-order valence-electron chi connectivity index (χ1n) is 14.0. The first kappa shape index (κ1) is 30.8. The quantitative estimate of drug-likeness (QED) is 0.179. The highest BCUT2D eigenvalue weighted by atomic mass is 79.9. The molecule has 0 saturated carbocycles. The second-order valence-electron chi connectivity index (χ2n) is 10.7. The molecule has 1 unspecified atom stereocenters. The van der Waals surface area contributed by atoms with Gasteiger partial charge < -0.3 is 30.3 Å². The normalized spacial score (nSPS) is 18.2. The van der Waals surface area contributed by atoms with E-state index in [9.17, 15) is 18.0 Å². The summed E-state index contributed by atoms with van der Waals surface area (Å²) in [5.41, 5.74) is 2.16. The zero-order chi connectivity index (χ0) is 30.3. The summed E-state index contributed by atoms with van der Waals surface area (Å²) in [7, 11) is 0. The van der Waals surface area contributed by atoms with E-state index >= 15 is 0 Å². The molecule has 0 bridgehead atoms. The van der Waals surface area contributed by atoms with Crippen LogP contribution in [0.15, 0.2) is 48.5 Å². The number of nitrogens with one attached hydrogen (secondary N) is 3. The third-order valence-corrected chi connectivity index (χ3v) is 7.91. The number of hydrogen-bond acceptors (Lipinski definition) is 9. The molecule has 43 heavy (non-hydrogen) atoms. The first-order chi connectivity index (χ1) is 20.7. The Morgan fingerprint density at radius 2 is 1.79 bits per heavy atom. The molecule has 2 fully saturated rings. The molecule has 1 atom stereocenters. The maximum Gasteiger partial charge on any atom is 0.422 e. The average Bonchev–Trinajstić information content (AvgIpc) is 3.65. The number of hydrogen-bond donors (Lipinski definition) is 3. The SMILES string of the molecule is O=C(c1ccc(Nc2nc(NCc3ccc(OCCCBr)cc3)nc(OCC(F)(F)F)n2)cc1)N1CCC2(CCNC2)C1. The number of halogens is 4. The minimum absolute atomic E-state index is 0.0143. The lowest BCUT2D eigenvalue weighted by Gasteiger charge is -2.22. The van der Waals surface area contributed by atoms with E-state index in [0.717, 1.165) is 62.1 Å². The van der Waals surface area contributed by atoms with Crippen LogP contribution in [0.1, 0.15) is 35.2 Å².